The molecule has 134 valence electrons. The summed E-state index contributed by atoms with van der Waals surface area (Å²) in [5.74, 6) is -0.135. The SMILES string of the molecule is O=P(c1ccccc1OO)(c1ccccc1OO)c1ccccc1OO. The molecule has 3 aromatic rings. The lowest BCUT2D eigenvalue weighted by Gasteiger charge is -2.23. The lowest BCUT2D eigenvalue weighted by Crippen LogP contribution is -2.28. The largest absolute Gasteiger partial charge is 0.339 e. The second-order valence-corrected chi connectivity index (χ2v) is 7.95. The van der Waals surface area contributed by atoms with Crippen LogP contribution in [0.1, 0.15) is 0 Å². The molecule has 0 unspecified atom stereocenters. The molecule has 0 aliphatic rings. The molecule has 3 aromatic carbocycles. The van der Waals surface area contributed by atoms with Crippen LogP contribution in [0.5, 0.6) is 17.2 Å². The van der Waals surface area contributed by atoms with Crippen LogP contribution in [0.2, 0.25) is 0 Å². The Morgan fingerprint density at radius 3 is 1.08 bits per heavy atom. The lowest BCUT2D eigenvalue weighted by atomic mass is 10.3. The first-order valence-corrected chi connectivity index (χ1v) is 9.20. The molecule has 0 saturated heterocycles. The summed E-state index contributed by atoms with van der Waals surface area (Å²) in [5.41, 5.74) is 0. The molecule has 7 nitrogen and oxygen atoms in total. The maximum atomic E-state index is 14.4. The molecule has 0 bridgehead atoms. The van der Waals surface area contributed by atoms with E-state index < -0.39 is 7.14 Å². The van der Waals surface area contributed by atoms with E-state index in [1.54, 1.807) is 36.4 Å². The number of hydrogen-bond donors (Lipinski definition) is 3. The van der Waals surface area contributed by atoms with Crippen LogP contribution in [-0.2, 0) is 4.57 Å². The smallest absolute Gasteiger partial charge is 0.182 e. The summed E-state index contributed by atoms with van der Waals surface area (Å²) < 4.78 is 14.4. The molecular formula is C18H15O7P. The Labute approximate surface area is 148 Å². The van der Waals surface area contributed by atoms with Gasteiger partial charge in [-0.2, -0.15) is 0 Å². The van der Waals surface area contributed by atoms with Crippen molar-refractivity contribution in [3.05, 3.63) is 72.8 Å². The molecule has 3 N–H and O–H groups in total. The lowest BCUT2D eigenvalue weighted by molar-refractivity contribution is -0.137. The summed E-state index contributed by atoms with van der Waals surface area (Å²) in [7, 11) is -3.79. The third kappa shape index (κ3) is 2.94. The van der Waals surface area contributed by atoms with Gasteiger partial charge < -0.3 is 19.2 Å². The van der Waals surface area contributed by atoms with Crippen LogP contribution >= 0.6 is 7.14 Å². The van der Waals surface area contributed by atoms with Gasteiger partial charge in [0.05, 0.1) is 15.9 Å². The first-order chi connectivity index (χ1) is 12.7. The molecule has 26 heavy (non-hydrogen) atoms. The molecule has 0 aliphatic heterocycles. The highest BCUT2D eigenvalue weighted by Gasteiger charge is 2.38. The summed E-state index contributed by atoms with van der Waals surface area (Å²) in [6.45, 7) is 0. The second kappa shape index (κ2) is 7.59. The Kier molecular flexibility index (Phi) is 5.25. The van der Waals surface area contributed by atoms with E-state index in [0.717, 1.165) is 0 Å². The third-order valence-electron chi connectivity index (χ3n) is 3.91. The summed E-state index contributed by atoms with van der Waals surface area (Å²) >= 11 is 0. The highest BCUT2D eigenvalue weighted by Crippen LogP contribution is 2.49. The molecule has 0 spiro atoms. The molecule has 0 radical (unpaired) electrons. The van der Waals surface area contributed by atoms with Crippen molar-refractivity contribution < 1.29 is 35.0 Å². The summed E-state index contributed by atoms with van der Waals surface area (Å²) in [5, 5.41) is 28.1. The number of benzene rings is 3. The van der Waals surface area contributed by atoms with E-state index in [0.29, 0.717) is 0 Å². The molecule has 0 aliphatic carbocycles. The summed E-state index contributed by atoms with van der Waals surface area (Å²) in [6, 6.07) is 18.5. The zero-order valence-electron chi connectivity index (χ0n) is 13.4. The third-order valence-corrected chi connectivity index (χ3v) is 7.05. The van der Waals surface area contributed by atoms with Crippen molar-refractivity contribution in [1.82, 2.24) is 0 Å². The van der Waals surface area contributed by atoms with Crippen molar-refractivity contribution in [2.24, 2.45) is 0 Å². The molecule has 8 heteroatoms. The highest BCUT2D eigenvalue weighted by atomic mass is 31.2. The van der Waals surface area contributed by atoms with Crippen LogP contribution in [0.4, 0.5) is 0 Å². The minimum Gasteiger partial charge on any atom is -0.339 e. The van der Waals surface area contributed by atoms with Crippen molar-refractivity contribution in [2.45, 2.75) is 0 Å². The Morgan fingerprint density at radius 1 is 0.538 bits per heavy atom. The van der Waals surface area contributed by atoms with Crippen molar-refractivity contribution >= 4 is 23.1 Å². The van der Waals surface area contributed by atoms with Crippen LogP contribution in [0, 0.1) is 0 Å². The molecule has 0 amide bonds. The first-order valence-electron chi connectivity index (χ1n) is 7.50. The van der Waals surface area contributed by atoms with Gasteiger partial charge in [0, 0.05) is 0 Å². The average molecular weight is 374 g/mol. The quantitative estimate of drug-likeness (QED) is 0.346. The predicted molar refractivity (Wildman–Crippen MR) is 95.6 cm³/mol. The zero-order valence-corrected chi connectivity index (χ0v) is 14.2. The fourth-order valence-corrected chi connectivity index (χ4v) is 5.72. The molecule has 0 atom stereocenters. The topological polar surface area (TPSA) is 105 Å². The summed E-state index contributed by atoms with van der Waals surface area (Å²) in [4.78, 5) is 13.2. The van der Waals surface area contributed by atoms with Gasteiger partial charge in [0.1, 0.15) is 0 Å². The number of hydrogen-bond acceptors (Lipinski definition) is 7. The molecular weight excluding hydrogens is 359 g/mol. The minimum absolute atomic E-state index is 0.0451. The summed E-state index contributed by atoms with van der Waals surface area (Å²) in [6.07, 6.45) is 0. The van der Waals surface area contributed by atoms with E-state index in [-0.39, 0.29) is 33.2 Å². The normalized spacial score (nSPS) is 11.0. The van der Waals surface area contributed by atoms with Gasteiger partial charge in [0.2, 0.25) is 0 Å². The molecule has 3 rings (SSSR count). The maximum Gasteiger partial charge on any atom is 0.182 e. The molecule has 0 saturated carbocycles. The Hall–Kier alpha value is -2.83. The molecule has 0 fully saturated rings. The van der Waals surface area contributed by atoms with Gasteiger partial charge in [0.25, 0.3) is 0 Å². The average Bonchev–Trinajstić information content (AvgIpc) is 2.73. The van der Waals surface area contributed by atoms with E-state index >= 15 is 0 Å². The molecule has 0 aromatic heterocycles. The van der Waals surface area contributed by atoms with Gasteiger partial charge in [-0.3, -0.25) is 0 Å². The van der Waals surface area contributed by atoms with Gasteiger partial charge in [-0.15, -0.1) is 0 Å². The Bertz CT molecular complexity index is 835. The minimum atomic E-state index is -3.79. The standard InChI is InChI=1S/C18H15O7P/c19-23-13-7-1-4-10-16(13)26(22,17-11-5-2-8-14(17)24-20)18-12-6-3-9-15(18)25-21/h1-12,19-21H. The van der Waals surface area contributed by atoms with Crippen LogP contribution in [-0.4, -0.2) is 15.8 Å². The van der Waals surface area contributed by atoms with Crippen LogP contribution in [0.25, 0.3) is 0 Å². The second-order valence-electron chi connectivity index (χ2n) is 5.29. The zero-order chi connectivity index (χ0) is 18.6. The van der Waals surface area contributed by atoms with Gasteiger partial charge in [0.15, 0.2) is 24.4 Å². The van der Waals surface area contributed by atoms with E-state index in [1.807, 2.05) is 0 Å². The number of para-hydroxylation sites is 3. The fraction of sp³-hybridized carbons (Fsp3) is 0. The van der Waals surface area contributed by atoms with Crippen LogP contribution in [0.15, 0.2) is 72.8 Å². The van der Waals surface area contributed by atoms with Crippen LogP contribution < -0.4 is 30.6 Å². The fourth-order valence-electron chi connectivity index (χ4n) is 2.77. The maximum absolute atomic E-state index is 14.4. The van der Waals surface area contributed by atoms with Gasteiger partial charge >= 0.3 is 0 Å². The van der Waals surface area contributed by atoms with Crippen LogP contribution in [0.3, 0.4) is 0 Å². The van der Waals surface area contributed by atoms with E-state index in [4.69, 9.17) is 0 Å². The van der Waals surface area contributed by atoms with Gasteiger partial charge in [-0.1, -0.05) is 36.4 Å². The van der Waals surface area contributed by atoms with Gasteiger partial charge in [-0.05, 0) is 36.4 Å². The van der Waals surface area contributed by atoms with Crippen molar-refractivity contribution in [3.63, 3.8) is 0 Å². The predicted octanol–water partition coefficient (Wildman–Crippen LogP) is 2.88. The molecule has 0 heterocycles. The number of rotatable bonds is 6. The highest BCUT2D eigenvalue weighted by molar-refractivity contribution is 7.85. The Balaban J connectivity index is 2.42. The van der Waals surface area contributed by atoms with Gasteiger partial charge in [-0.25, -0.2) is 15.8 Å². The van der Waals surface area contributed by atoms with Crippen molar-refractivity contribution in [2.75, 3.05) is 0 Å². The van der Waals surface area contributed by atoms with E-state index in [1.165, 1.54) is 36.4 Å². The van der Waals surface area contributed by atoms with Crippen molar-refractivity contribution in [1.29, 1.82) is 0 Å². The van der Waals surface area contributed by atoms with Crippen molar-refractivity contribution in [3.8, 4) is 17.2 Å². The van der Waals surface area contributed by atoms with E-state index in [9.17, 15) is 20.3 Å². The first kappa shape index (κ1) is 18.0. The Morgan fingerprint density at radius 2 is 0.808 bits per heavy atom. The van der Waals surface area contributed by atoms with E-state index in [2.05, 4.69) is 14.7 Å². The monoisotopic (exact) mass is 374 g/mol.